The fourth-order valence-corrected chi connectivity index (χ4v) is 4.68. The zero-order chi connectivity index (χ0) is 25.3. The number of aliphatic hydroxyl groups is 1. The van der Waals surface area contributed by atoms with Crippen molar-refractivity contribution in [2.45, 2.75) is 37.5 Å². The number of fused-ring (bicyclic) bond motifs is 1. The Morgan fingerprint density at radius 3 is 2.61 bits per heavy atom. The molecule has 2 aromatic carbocycles. The van der Waals surface area contributed by atoms with Crippen molar-refractivity contribution >= 4 is 5.91 Å². The maximum Gasteiger partial charge on any atom is 0.223 e. The first-order valence-corrected chi connectivity index (χ1v) is 12.4. The highest BCUT2D eigenvalue weighted by Gasteiger charge is 2.31. The number of rotatable bonds is 12. The van der Waals surface area contributed by atoms with Crippen LogP contribution in [0, 0.1) is 0 Å². The molecule has 0 bridgehead atoms. The van der Waals surface area contributed by atoms with Gasteiger partial charge in [0, 0.05) is 19.7 Å². The second kappa shape index (κ2) is 12.8. The van der Waals surface area contributed by atoms with Gasteiger partial charge in [0.1, 0.15) is 30.8 Å². The molecule has 0 saturated carbocycles. The van der Waals surface area contributed by atoms with Gasteiger partial charge >= 0.3 is 0 Å². The van der Waals surface area contributed by atoms with Crippen molar-refractivity contribution in [2.75, 3.05) is 53.7 Å². The molecule has 3 atom stereocenters. The second-order valence-corrected chi connectivity index (χ2v) is 9.04. The molecule has 1 amide bonds. The van der Waals surface area contributed by atoms with Gasteiger partial charge in [-0.1, -0.05) is 6.07 Å². The number of aliphatic hydroxyl groups excluding tert-OH is 1. The molecule has 4 rings (SSSR count). The first kappa shape index (κ1) is 26.1. The summed E-state index contributed by atoms with van der Waals surface area (Å²) in [6.45, 7) is 3.22. The van der Waals surface area contributed by atoms with E-state index in [9.17, 15) is 9.90 Å². The number of benzene rings is 2. The number of hydrogen-bond donors (Lipinski definition) is 2. The Hall–Kier alpha value is -3.01. The van der Waals surface area contributed by atoms with Crippen molar-refractivity contribution in [3.8, 4) is 23.0 Å². The van der Waals surface area contributed by atoms with E-state index in [1.54, 1.807) is 38.5 Å². The van der Waals surface area contributed by atoms with Gasteiger partial charge in [0.2, 0.25) is 5.91 Å². The van der Waals surface area contributed by atoms with Crippen LogP contribution in [0.3, 0.4) is 0 Å². The number of ether oxygens (including phenoxy) is 5. The third kappa shape index (κ3) is 6.81. The van der Waals surface area contributed by atoms with Crippen molar-refractivity contribution in [3.63, 3.8) is 0 Å². The number of amides is 1. The standard InChI is InChI=1S/C27H36N2O7/c1-32-18-20-4-3-12-29(20)17-23(27(31)19-5-10-24-25(16-19)36-15-14-35-24)28-26(30)11-13-34-22-8-6-21(33-2)7-9-22/h5-10,16,20,23,27,31H,3-4,11-15,17-18H2,1-2H3,(H,28,30)/t20-,23+,27?/m0/s1. The van der Waals surface area contributed by atoms with Gasteiger partial charge in [-0.15, -0.1) is 0 Å². The summed E-state index contributed by atoms with van der Waals surface area (Å²) in [5.41, 5.74) is 0.668. The molecule has 0 aliphatic carbocycles. The van der Waals surface area contributed by atoms with Crippen LogP contribution in [-0.2, 0) is 9.53 Å². The summed E-state index contributed by atoms with van der Waals surface area (Å²) in [7, 11) is 3.30. The van der Waals surface area contributed by atoms with Crippen molar-refractivity contribution in [2.24, 2.45) is 0 Å². The Bertz CT molecular complexity index is 985. The molecule has 9 nitrogen and oxygen atoms in total. The Labute approximate surface area is 212 Å². The molecule has 0 radical (unpaired) electrons. The van der Waals surface area contributed by atoms with Crippen LogP contribution in [0.5, 0.6) is 23.0 Å². The van der Waals surface area contributed by atoms with Crippen LogP contribution < -0.4 is 24.3 Å². The number of carbonyl (C=O) groups is 1. The highest BCUT2D eigenvalue weighted by Crippen LogP contribution is 2.34. The third-order valence-corrected chi connectivity index (χ3v) is 6.58. The molecular formula is C27H36N2O7. The molecule has 2 aliphatic heterocycles. The minimum absolute atomic E-state index is 0.165. The van der Waals surface area contributed by atoms with Gasteiger partial charge in [-0.25, -0.2) is 0 Å². The molecule has 1 unspecified atom stereocenters. The van der Waals surface area contributed by atoms with Crippen LogP contribution in [0.25, 0.3) is 0 Å². The Morgan fingerprint density at radius 1 is 1.11 bits per heavy atom. The number of methoxy groups -OCH3 is 2. The number of hydrogen-bond acceptors (Lipinski definition) is 8. The zero-order valence-electron chi connectivity index (χ0n) is 21.0. The molecule has 9 heteroatoms. The SMILES string of the molecule is COC[C@@H]1CCCN1C[C@@H](NC(=O)CCOc1ccc(OC)cc1)C(O)c1ccc2c(c1)OCCO2. The minimum Gasteiger partial charge on any atom is -0.497 e. The Morgan fingerprint density at radius 2 is 1.86 bits per heavy atom. The van der Waals surface area contributed by atoms with Crippen molar-refractivity contribution in [1.82, 2.24) is 10.2 Å². The summed E-state index contributed by atoms with van der Waals surface area (Å²) < 4.78 is 27.6. The van der Waals surface area contributed by atoms with Gasteiger partial charge in [-0.2, -0.15) is 0 Å². The normalized spacial score (nSPS) is 18.9. The van der Waals surface area contributed by atoms with E-state index in [0.717, 1.165) is 25.1 Å². The molecule has 196 valence electrons. The van der Waals surface area contributed by atoms with Gasteiger partial charge in [0.05, 0.1) is 32.8 Å². The Kier molecular flexibility index (Phi) is 9.27. The monoisotopic (exact) mass is 500 g/mol. The maximum absolute atomic E-state index is 12.9. The average molecular weight is 501 g/mol. The molecule has 2 heterocycles. The molecule has 2 aromatic rings. The molecule has 0 aromatic heterocycles. The van der Waals surface area contributed by atoms with E-state index in [0.29, 0.717) is 49.2 Å². The lowest BCUT2D eigenvalue weighted by Crippen LogP contribution is -2.49. The molecule has 1 saturated heterocycles. The largest absolute Gasteiger partial charge is 0.497 e. The van der Waals surface area contributed by atoms with Crippen LogP contribution >= 0.6 is 0 Å². The smallest absolute Gasteiger partial charge is 0.223 e. The van der Waals surface area contributed by atoms with Crippen LogP contribution in [0.2, 0.25) is 0 Å². The lowest BCUT2D eigenvalue weighted by atomic mass is 10.00. The van der Waals surface area contributed by atoms with Gasteiger partial charge in [-0.3, -0.25) is 9.69 Å². The van der Waals surface area contributed by atoms with E-state index in [1.165, 1.54) is 0 Å². The summed E-state index contributed by atoms with van der Waals surface area (Å²) in [6.07, 6.45) is 1.34. The lowest BCUT2D eigenvalue weighted by Gasteiger charge is -2.32. The lowest BCUT2D eigenvalue weighted by molar-refractivity contribution is -0.123. The fourth-order valence-electron chi connectivity index (χ4n) is 4.68. The van der Waals surface area contributed by atoms with Gasteiger partial charge in [0.25, 0.3) is 0 Å². The molecule has 36 heavy (non-hydrogen) atoms. The first-order valence-electron chi connectivity index (χ1n) is 12.4. The molecule has 2 aliphatic rings. The van der Waals surface area contributed by atoms with Crippen LogP contribution in [0.4, 0.5) is 0 Å². The highest BCUT2D eigenvalue weighted by molar-refractivity contribution is 5.76. The van der Waals surface area contributed by atoms with E-state index < -0.39 is 12.1 Å². The van der Waals surface area contributed by atoms with Crippen LogP contribution in [0.1, 0.15) is 30.9 Å². The average Bonchev–Trinajstić information content (AvgIpc) is 3.34. The second-order valence-electron chi connectivity index (χ2n) is 9.04. The summed E-state index contributed by atoms with van der Waals surface area (Å²) in [6, 6.07) is 12.4. The highest BCUT2D eigenvalue weighted by atomic mass is 16.6. The van der Waals surface area contributed by atoms with Crippen molar-refractivity contribution in [1.29, 1.82) is 0 Å². The first-order chi connectivity index (χ1) is 17.6. The molecule has 2 N–H and O–H groups in total. The predicted octanol–water partition coefficient (Wildman–Crippen LogP) is 2.56. The summed E-state index contributed by atoms with van der Waals surface area (Å²) in [5, 5.41) is 14.4. The molecule has 1 fully saturated rings. The van der Waals surface area contributed by atoms with Crippen LogP contribution in [-0.4, -0.2) is 81.7 Å². The third-order valence-electron chi connectivity index (χ3n) is 6.58. The summed E-state index contributed by atoms with van der Waals surface area (Å²) in [4.78, 5) is 15.2. The number of nitrogens with zero attached hydrogens (tertiary/aromatic N) is 1. The Balaban J connectivity index is 1.40. The summed E-state index contributed by atoms with van der Waals surface area (Å²) in [5.74, 6) is 2.48. The van der Waals surface area contributed by atoms with Crippen molar-refractivity contribution in [3.05, 3.63) is 48.0 Å². The van der Waals surface area contributed by atoms with E-state index >= 15 is 0 Å². The fraction of sp³-hybridized carbons (Fsp3) is 0.519. The predicted molar refractivity (Wildman–Crippen MR) is 134 cm³/mol. The van der Waals surface area contributed by atoms with Gasteiger partial charge in [0.15, 0.2) is 11.5 Å². The molecular weight excluding hydrogens is 464 g/mol. The maximum atomic E-state index is 12.9. The van der Waals surface area contributed by atoms with E-state index in [1.807, 2.05) is 18.2 Å². The zero-order valence-corrected chi connectivity index (χ0v) is 21.0. The molecule has 0 spiro atoms. The van der Waals surface area contributed by atoms with Crippen molar-refractivity contribution < 1.29 is 33.6 Å². The number of likely N-dealkylation sites (tertiary alicyclic amines) is 1. The van der Waals surface area contributed by atoms with E-state index in [4.69, 9.17) is 23.7 Å². The minimum atomic E-state index is -0.920. The number of carbonyl (C=O) groups excluding carboxylic acids is 1. The van der Waals surface area contributed by atoms with Gasteiger partial charge in [-0.05, 0) is 61.3 Å². The summed E-state index contributed by atoms with van der Waals surface area (Å²) >= 11 is 0. The van der Waals surface area contributed by atoms with E-state index in [2.05, 4.69) is 10.2 Å². The quantitative estimate of drug-likeness (QED) is 0.459. The topological polar surface area (TPSA) is 98.7 Å². The number of nitrogens with one attached hydrogen (secondary N) is 1. The van der Waals surface area contributed by atoms with E-state index in [-0.39, 0.29) is 25.0 Å². The van der Waals surface area contributed by atoms with Crippen LogP contribution in [0.15, 0.2) is 42.5 Å². The van der Waals surface area contributed by atoms with Gasteiger partial charge < -0.3 is 34.1 Å².